The fourth-order valence-electron chi connectivity index (χ4n) is 3.52. The molecular formula is C18H24N6O4. The van der Waals surface area contributed by atoms with Gasteiger partial charge in [-0.25, -0.2) is 15.5 Å². The maximum absolute atomic E-state index is 13.1. The number of carbonyl (C=O) groups excluding carboxylic acids is 3. The molecule has 0 radical (unpaired) electrons. The van der Waals surface area contributed by atoms with Gasteiger partial charge in [0, 0.05) is 18.9 Å². The molecule has 28 heavy (non-hydrogen) atoms. The average Bonchev–Trinajstić information content (AvgIpc) is 3.39. The number of hydrogen-bond acceptors (Lipinski definition) is 7. The second kappa shape index (κ2) is 9.38. The van der Waals surface area contributed by atoms with Gasteiger partial charge in [-0.15, -0.1) is 0 Å². The van der Waals surface area contributed by atoms with Gasteiger partial charge in [-0.2, -0.15) is 0 Å². The Kier molecular flexibility index (Phi) is 6.66. The number of aromatic nitrogens is 2. The lowest BCUT2D eigenvalue weighted by atomic mass is 10.0. The monoisotopic (exact) mass is 388 g/mol. The van der Waals surface area contributed by atoms with E-state index in [1.807, 2.05) is 6.08 Å². The van der Waals surface area contributed by atoms with Crippen molar-refractivity contribution in [3.8, 4) is 0 Å². The van der Waals surface area contributed by atoms with E-state index < -0.39 is 12.0 Å². The molecule has 1 aliphatic heterocycles. The van der Waals surface area contributed by atoms with E-state index in [0.717, 1.165) is 31.3 Å². The van der Waals surface area contributed by atoms with Crippen molar-refractivity contribution < 1.29 is 19.6 Å². The van der Waals surface area contributed by atoms with Crippen LogP contribution >= 0.6 is 0 Å². The summed E-state index contributed by atoms with van der Waals surface area (Å²) in [4.78, 5) is 44.5. The minimum atomic E-state index is -0.735. The molecule has 1 aromatic heterocycles. The van der Waals surface area contributed by atoms with Gasteiger partial charge in [-0.05, 0) is 32.1 Å². The molecule has 1 saturated carbocycles. The summed E-state index contributed by atoms with van der Waals surface area (Å²) in [5, 5.41) is 14.0. The van der Waals surface area contributed by atoms with Crippen LogP contribution in [-0.2, 0) is 14.4 Å². The van der Waals surface area contributed by atoms with Crippen molar-refractivity contribution in [2.75, 3.05) is 18.4 Å². The standard InChI is InChI=1S/C18H24N6O4/c25-12-23(28)11-14(9-13-3-1-2-4-13)18(27)24-15(5-6-21-24)17(26)22-16-10-19-7-8-20-16/h7-10,12,14-15,21,28H,1-6,11H2,(H,20,22,26)/t14-,15+/m1/s1. The Balaban J connectivity index is 1.73. The number of hydroxylamine groups is 2. The van der Waals surface area contributed by atoms with Gasteiger partial charge in [-0.3, -0.25) is 29.6 Å². The predicted octanol–water partition coefficient (Wildman–Crippen LogP) is 0.485. The van der Waals surface area contributed by atoms with E-state index in [1.54, 1.807) is 0 Å². The molecule has 0 spiro atoms. The number of rotatable bonds is 7. The van der Waals surface area contributed by atoms with Gasteiger partial charge in [0.15, 0.2) is 5.82 Å². The van der Waals surface area contributed by atoms with E-state index in [9.17, 15) is 19.6 Å². The molecule has 0 bridgehead atoms. The molecule has 0 aromatic carbocycles. The Morgan fingerprint density at radius 3 is 2.86 bits per heavy atom. The van der Waals surface area contributed by atoms with Crippen LogP contribution in [0, 0.1) is 5.92 Å². The highest BCUT2D eigenvalue weighted by Crippen LogP contribution is 2.26. The van der Waals surface area contributed by atoms with Crippen molar-refractivity contribution in [3.05, 3.63) is 30.2 Å². The molecular weight excluding hydrogens is 364 g/mol. The number of nitrogens with zero attached hydrogens (tertiary/aromatic N) is 4. The van der Waals surface area contributed by atoms with Gasteiger partial charge in [0.1, 0.15) is 6.04 Å². The number of hydrogen-bond donors (Lipinski definition) is 3. The van der Waals surface area contributed by atoms with Crippen molar-refractivity contribution in [3.63, 3.8) is 0 Å². The molecule has 1 saturated heterocycles. The zero-order valence-corrected chi connectivity index (χ0v) is 15.5. The molecule has 10 heteroatoms. The molecule has 0 unspecified atom stereocenters. The molecule has 2 atom stereocenters. The first-order valence-corrected chi connectivity index (χ1v) is 9.32. The lowest BCUT2D eigenvalue weighted by Gasteiger charge is -2.27. The van der Waals surface area contributed by atoms with Gasteiger partial charge in [0.2, 0.25) is 18.2 Å². The first-order valence-electron chi connectivity index (χ1n) is 9.32. The van der Waals surface area contributed by atoms with Crippen LogP contribution < -0.4 is 10.7 Å². The SMILES string of the molecule is O=CN(O)C[C@@H](C=C1CCCC1)C(=O)N1NCC[C@H]1C(=O)Nc1cnccn1. The highest BCUT2D eigenvalue weighted by molar-refractivity contribution is 5.97. The third-order valence-electron chi connectivity index (χ3n) is 4.87. The van der Waals surface area contributed by atoms with Gasteiger partial charge >= 0.3 is 0 Å². The number of anilines is 1. The molecule has 1 aromatic rings. The number of nitrogens with one attached hydrogen (secondary N) is 2. The van der Waals surface area contributed by atoms with Crippen LogP contribution in [0.1, 0.15) is 32.1 Å². The maximum atomic E-state index is 13.1. The Labute approximate surface area is 162 Å². The summed E-state index contributed by atoms with van der Waals surface area (Å²) in [6.07, 6.45) is 10.8. The van der Waals surface area contributed by atoms with Crippen molar-refractivity contribution in [1.29, 1.82) is 0 Å². The number of allylic oxidation sites excluding steroid dienone is 1. The average molecular weight is 388 g/mol. The van der Waals surface area contributed by atoms with E-state index in [2.05, 4.69) is 20.7 Å². The molecule has 3 rings (SSSR count). The number of hydrazine groups is 1. The first-order chi connectivity index (χ1) is 13.6. The fraction of sp³-hybridized carbons (Fsp3) is 0.500. The molecule has 150 valence electrons. The molecule has 2 heterocycles. The van der Waals surface area contributed by atoms with E-state index in [-0.39, 0.29) is 24.8 Å². The minimum absolute atomic E-state index is 0.164. The molecule has 1 aliphatic carbocycles. The van der Waals surface area contributed by atoms with Crippen LogP contribution in [0.2, 0.25) is 0 Å². The second-order valence-electron chi connectivity index (χ2n) is 6.87. The van der Waals surface area contributed by atoms with Crippen LogP contribution in [-0.4, -0.2) is 62.6 Å². The first kappa shape index (κ1) is 19.9. The topological polar surface area (TPSA) is 128 Å². The van der Waals surface area contributed by atoms with Gasteiger partial charge in [-0.1, -0.05) is 11.6 Å². The molecule has 3 amide bonds. The van der Waals surface area contributed by atoms with E-state index >= 15 is 0 Å². The van der Waals surface area contributed by atoms with Crippen LogP contribution in [0.5, 0.6) is 0 Å². The minimum Gasteiger partial charge on any atom is -0.308 e. The molecule has 10 nitrogen and oxygen atoms in total. The lowest BCUT2D eigenvalue weighted by molar-refractivity contribution is -0.156. The Bertz CT molecular complexity index is 733. The second-order valence-corrected chi connectivity index (χ2v) is 6.87. The van der Waals surface area contributed by atoms with Crippen molar-refractivity contribution in [1.82, 2.24) is 25.5 Å². The lowest BCUT2D eigenvalue weighted by Crippen LogP contribution is -2.51. The van der Waals surface area contributed by atoms with Crippen molar-refractivity contribution in [2.24, 2.45) is 5.92 Å². The summed E-state index contributed by atoms with van der Waals surface area (Å²) >= 11 is 0. The molecule has 3 N–H and O–H groups in total. The van der Waals surface area contributed by atoms with E-state index in [0.29, 0.717) is 23.8 Å². The smallest absolute Gasteiger partial charge is 0.250 e. The molecule has 2 aliphatic rings. The van der Waals surface area contributed by atoms with Crippen molar-refractivity contribution >= 4 is 24.0 Å². The van der Waals surface area contributed by atoms with Gasteiger partial charge in [0.25, 0.3) is 0 Å². The van der Waals surface area contributed by atoms with E-state index in [1.165, 1.54) is 23.6 Å². The summed E-state index contributed by atoms with van der Waals surface area (Å²) in [5.74, 6) is -1.17. The summed E-state index contributed by atoms with van der Waals surface area (Å²) < 4.78 is 0. The quantitative estimate of drug-likeness (QED) is 0.268. The zero-order valence-electron chi connectivity index (χ0n) is 15.5. The highest BCUT2D eigenvalue weighted by atomic mass is 16.5. The van der Waals surface area contributed by atoms with Crippen molar-refractivity contribution in [2.45, 2.75) is 38.1 Å². The summed E-state index contributed by atoms with van der Waals surface area (Å²) in [7, 11) is 0. The van der Waals surface area contributed by atoms with Crippen LogP contribution in [0.3, 0.4) is 0 Å². The Morgan fingerprint density at radius 2 is 2.18 bits per heavy atom. The molecule has 2 fully saturated rings. The van der Waals surface area contributed by atoms with Gasteiger partial charge in [0.05, 0.1) is 18.7 Å². The van der Waals surface area contributed by atoms with E-state index in [4.69, 9.17) is 0 Å². The predicted molar refractivity (Wildman–Crippen MR) is 98.5 cm³/mol. The number of amides is 3. The largest absolute Gasteiger partial charge is 0.308 e. The zero-order chi connectivity index (χ0) is 19.9. The van der Waals surface area contributed by atoms with Crippen LogP contribution in [0.25, 0.3) is 0 Å². The fourth-order valence-corrected chi connectivity index (χ4v) is 3.52. The Hall–Kier alpha value is -2.85. The summed E-state index contributed by atoms with van der Waals surface area (Å²) in [6.45, 7) is 0.298. The highest BCUT2D eigenvalue weighted by Gasteiger charge is 2.37. The Morgan fingerprint density at radius 1 is 1.39 bits per heavy atom. The van der Waals surface area contributed by atoms with Crippen LogP contribution in [0.4, 0.5) is 5.82 Å². The third-order valence-corrected chi connectivity index (χ3v) is 4.87. The number of carbonyl (C=O) groups is 3. The van der Waals surface area contributed by atoms with Crippen LogP contribution in [0.15, 0.2) is 30.2 Å². The summed E-state index contributed by atoms with van der Waals surface area (Å²) in [6, 6.07) is -0.720. The third kappa shape index (κ3) is 4.90. The normalized spacial score (nSPS) is 20.0. The van der Waals surface area contributed by atoms with Gasteiger partial charge < -0.3 is 5.32 Å². The summed E-state index contributed by atoms with van der Waals surface area (Å²) in [5.41, 5.74) is 4.08. The maximum Gasteiger partial charge on any atom is 0.250 e.